The third-order valence-corrected chi connectivity index (χ3v) is 3.45. The van der Waals surface area contributed by atoms with Crippen molar-refractivity contribution in [2.45, 2.75) is 39.5 Å². The fourth-order valence-corrected chi connectivity index (χ4v) is 2.38. The van der Waals surface area contributed by atoms with Crippen molar-refractivity contribution in [3.63, 3.8) is 0 Å². The van der Waals surface area contributed by atoms with Gasteiger partial charge in [-0.1, -0.05) is 25.1 Å². The van der Waals surface area contributed by atoms with E-state index >= 15 is 0 Å². The second-order valence-corrected chi connectivity index (χ2v) is 5.14. The van der Waals surface area contributed by atoms with Gasteiger partial charge in [0.1, 0.15) is 0 Å². The molecule has 1 amide bonds. The van der Waals surface area contributed by atoms with E-state index in [1.165, 1.54) is 12.8 Å². The van der Waals surface area contributed by atoms with Crippen LogP contribution in [0.2, 0.25) is 0 Å². The van der Waals surface area contributed by atoms with Crippen LogP contribution >= 0.6 is 0 Å². The fourth-order valence-electron chi connectivity index (χ4n) is 2.38. The summed E-state index contributed by atoms with van der Waals surface area (Å²) in [7, 11) is 0. The Morgan fingerprint density at radius 2 is 2.17 bits per heavy atom. The largest absolute Gasteiger partial charge is 0.271 e. The maximum absolute atomic E-state index is 12.0. The number of aryl methyl sites for hydroxylation is 1. The molecule has 0 bridgehead atoms. The number of rotatable bonds is 2. The lowest BCUT2D eigenvalue weighted by Crippen LogP contribution is -2.22. The van der Waals surface area contributed by atoms with Crippen molar-refractivity contribution in [1.29, 1.82) is 0 Å². The molecule has 1 aliphatic rings. The van der Waals surface area contributed by atoms with Gasteiger partial charge in [0, 0.05) is 11.3 Å². The topological polar surface area (TPSA) is 41.5 Å². The van der Waals surface area contributed by atoms with Gasteiger partial charge in [0.15, 0.2) is 0 Å². The Kier molecular flexibility index (Phi) is 4.13. The molecule has 1 atom stereocenters. The van der Waals surface area contributed by atoms with Crippen LogP contribution in [0.3, 0.4) is 0 Å². The number of hydrogen-bond acceptors (Lipinski definition) is 2. The second kappa shape index (κ2) is 5.80. The highest BCUT2D eigenvalue weighted by Gasteiger charge is 2.14. The van der Waals surface area contributed by atoms with Crippen LogP contribution in [0.5, 0.6) is 0 Å². The molecule has 1 saturated carbocycles. The molecule has 0 saturated heterocycles. The zero-order valence-corrected chi connectivity index (χ0v) is 11.1. The molecule has 0 spiro atoms. The second-order valence-electron chi connectivity index (χ2n) is 5.14. The van der Waals surface area contributed by atoms with E-state index in [2.05, 4.69) is 17.5 Å². The fraction of sp³-hybridized carbons (Fsp3) is 0.467. The molecule has 3 nitrogen and oxygen atoms in total. The van der Waals surface area contributed by atoms with Crippen LogP contribution in [0.4, 0.5) is 0 Å². The molecule has 0 radical (unpaired) electrons. The van der Waals surface area contributed by atoms with Crippen molar-refractivity contribution in [3.05, 3.63) is 35.4 Å². The number of benzene rings is 1. The van der Waals surface area contributed by atoms with Crippen LogP contribution in [-0.4, -0.2) is 11.6 Å². The van der Waals surface area contributed by atoms with Crippen LogP contribution < -0.4 is 5.43 Å². The van der Waals surface area contributed by atoms with Crippen molar-refractivity contribution < 1.29 is 4.79 Å². The Bertz CT molecular complexity index is 465. The summed E-state index contributed by atoms with van der Waals surface area (Å²) in [4.78, 5) is 12.0. The molecule has 1 aromatic rings. The number of nitrogens with zero attached hydrogens (tertiary/aromatic N) is 1. The molecule has 3 heteroatoms. The lowest BCUT2D eigenvalue weighted by atomic mass is 9.89. The van der Waals surface area contributed by atoms with Crippen molar-refractivity contribution in [2.75, 3.05) is 0 Å². The van der Waals surface area contributed by atoms with Crippen LogP contribution in [0.25, 0.3) is 0 Å². The predicted molar refractivity (Wildman–Crippen MR) is 73.7 cm³/mol. The molecule has 0 aliphatic heterocycles. The summed E-state index contributed by atoms with van der Waals surface area (Å²) in [6, 6.07) is 7.57. The molecule has 0 aromatic heterocycles. The standard InChI is InChI=1S/C15H20N2O/c1-11-6-5-8-13(10-11)16-17-15(18)14-9-4-3-7-12(14)2/h3-4,7,9,11H,5-6,8,10H2,1-2H3,(H,17,18)/b16-13+. The first kappa shape index (κ1) is 12.8. The molecular formula is C15H20N2O. The summed E-state index contributed by atoms with van der Waals surface area (Å²) >= 11 is 0. The highest BCUT2D eigenvalue weighted by atomic mass is 16.2. The zero-order chi connectivity index (χ0) is 13.0. The molecule has 96 valence electrons. The number of amides is 1. The van der Waals surface area contributed by atoms with Gasteiger partial charge in [0.05, 0.1) is 0 Å². The summed E-state index contributed by atoms with van der Waals surface area (Å²) in [6.07, 6.45) is 4.47. The molecule has 18 heavy (non-hydrogen) atoms. The Morgan fingerprint density at radius 1 is 1.39 bits per heavy atom. The van der Waals surface area contributed by atoms with Crippen LogP contribution in [0, 0.1) is 12.8 Å². The first-order valence-electron chi connectivity index (χ1n) is 6.58. The maximum atomic E-state index is 12.0. The molecule has 0 heterocycles. The van der Waals surface area contributed by atoms with E-state index in [1.807, 2.05) is 31.2 Å². The maximum Gasteiger partial charge on any atom is 0.271 e. The van der Waals surface area contributed by atoms with Gasteiger partial charge in [0.25, 0.3) is 5.91 Å². The van der Waals surface area contributed by atoms with Crippen molar-refractivity contribution in [3.8, 4) is 0 Å². The molecular weight excluding hydrogens is 224 g/mol. The van der Waals surface area contributed by atoms with Gasteiger partial charge in [-0.3, -0.25) is 4.79 Å². The third-order valence-electron chi connectivity index (χ3n) is 3.45. The van der Waals surface area contributed by atoms with E-state index < -0.39 is 0 Å². The minimum Gasteiger partial charge on any atom is -0.267 e. The molecule has 1 N–H and O–H groups in total. The number of nitrogens with one attached hydrogen (secondary N) is 1. The van der Waals surface area contributed by atoms with E-state index in [9.17, 15) is 4.79 Å². The SMILES string of the molecule is Cc1ccccc1C(=O)N/N=C1\CCCC(C)C1. The normalized spacial score (nSPS) is 21.9. The van der Waals surface area contributed by atoms with Gasteiger partial charge in [-0.05, 0) is 50.2 Å². The molecule has 1 fully saturated rings. The summed E-state index contributed by atoms with van der Waals surface area (Å²) in [5.74, 6) is 0.576. The van der Waals surface area contributed by atoms with Crippen molar-refractivity contribution >= 4 is 11.6 Å². The number of hydrazone groups is 1. The Labute approximate surface area is 108 Å². The van der Waals surface area contributed by atoms with Crippen LogP contribution in [-0.2, 0) is 0 Å². The average molecular weight is 244 g/mol. The van der Waals surface area contributed by atoms with Gasteiger partial charge < -0.3 is 0 Å². The molecule has 1 aromatic carbocycles. The highest BCUT2D eigenvalue weighted by Crippen LogP contribution is 2.21. The summed E-state index contributed by atoms with van der Waals surface area (Å²) < 4.78 is 0. The average Bonchev–Trinajstić information content (AvgIpc) is 2.37. The third kappa shape index (κ3) is 3.19. The monoisotopic (exact) mass is 244 g/mol. The quantitative estimate of drug-likeness (QED) is 0.797. The van der Waals surface area contributed by atoms with Gasteiger partial charge in [-0.15, -0.1) is 0 Å². The van der Waals surface area contributed by atoms with Gasteiger partial charge in [-0.25, -0.2) is 5.43 Å². The Morgan fingerprint density at radius 3 is 2.89 bits per heavy atom. The molecule has 1 aliphatic carbocycles. The summed E-state index contributed by atoms with van der Waals surface area (Å²) in [5, 5.41) is 4.27. The van der Waals surface area contributed by atoms with Crippen molar-refractivity contribution in [2.24, 2.45) is 11.0 Å². The van der Waals surface area contributed by atoms with Gasteiger partial charge >= 0.3 is 0 Å². The van der Waals surface area contributed by atoms with Gasteiger partial charge in [-0.2, -0.15) is 5.10 Å². The van der Waals surface area contributed by atoms with Crippen LogP contribution in [0.1, 0.15) is 48.5 Å². The van der Waals surface area contributed by atoms with E-state index in [0.29, 0.717) is 11.5 Å². The minimum absolute atomic E-state index is 0.112. The van der Waals surface area contributed by atoms with Gasteiger partial charge in [0.2, 0.25) is 0 Å². The molecule has 1 unspecified atom stereocenters. The van der Waals surface area contributed by atoms with Crippen molar-refractivity contribution in [1.82, 2.24) is 5.43 Å². The first-order chi connectivity index (χ1) is 8.66. The molecule has 2 rings (SSSR count). The smallest absolute Gasteiger partial charge is 0.267 e. The number of carbonyl (C=O) groups is 1. The van der Waals surface area contributed by atoms with Crippen LogP contribution in [0.15, 0.2) is 29.4 Å². The first-order valence-corrected chi connectivity index (χ1v) is 6.58. The zero-order valence-electron chi connectivity index (χ0n) is 11.1. The number of hydrogen-bond donors (Lipinski definition) is 1. The Hall–Kier alpha value is -1.64. The highest BCUT2D eigenvalue weighted by molar-refractivity contribution is 5.96. The van der Waals surface area contributed by atoms with E-state index in [0.717, 1.165) is 24.1 Å². The predicted octanol–water partition coefficient (Wildman–Crippen LogP) is 3.29. The van der Waals surface area contributed by atoms with E-state index in [-0.39, 0.29) is 5.91 Å². The summed E-state index contributed by atoms with van der Waals surface area (Å²) in [5.41, 5.74) is 5.48. The Balaban J connectivity index is 2.00. The van der Waals surface area contributed by atoms with E-state index in [4.69, 9.17) is 0 Å². The lowest BCUT2D eigenvalue weighted by molar-refractivity contribution is 0.0954. The lowest BCUT2D eigenvalue weighted by Gasteiger charge is -2.19. The summed E-state index contributed by atoms with van der Waals surface area (Å²) in [6.45, 7) is 4.17. The number of carbonyl (C=O) groups excluding carboxylic acids is 1. The minimum atomic E-state index is -0.112. The van der Waals surface area contributed by atoms with E-state index in [1.54, 1.807) is 0 Å².